The molecule has 36 heavy (non-hydrogen) atoms. The van der Waals surface area contributed by atoms with Gasteiger partial charge in [-0.1, -0.05) is 24.0 Å². The predicted molar refractivity (Wildman–Crippen MR) is 130 cm³/mol. The maximum Gasteiger partial charge on any atom is 0.295 e. The fourth-order valence-corrected chi connectivity index (χ4v) is 4.63. The lowest BCUT2D eigenvalue weighted by Crippen LogP contribution is -2.36. The first-order valence-corrected chi connectivity index (χ1v) is 11.9. The SMILES string of the molecule is CN(C)c1ccc(C2C(=C([O-])c3ccc4c(c3)OCCO4)C(=O)C(=O)N2CCC[n+]2cc[nH]c2)cc1. The van der Waals surface area contributed by atoms with E-state index in [2.05, 4.69) is 4.98 Å². The average Bonchev–Trinajstić information content (AvgIpc) is 3.50. The number of carbonyl (C=O) groups excluding carboxylic acids is 2. The highest BCUT2D eigenvalue weighted by molar-refractivity contribution is 6.46. The van der Waals surface area contributed by atoms with Gasteiger partial charge in [0.2, 0.25) is 12.1 Å². The number of Topliss-reactive ketones (excluding diaryl/α,β-unsaturated/α-hetero) is 1. The van der Waals surface area contributed by atoms with Crippen molar-refractivity contribution in [2.24, 2.45) is 0 Å². The van der Waals surface area contributed by atoms with E-state index in [0.717, 1.165) is 11.3 Å². The van der Waals surface area contributed by atoms with Gasteiger partial charge in [0.15, 0.2) is 11.5 Å². The molecule has 0 spiro atoms. The fraction of sp³-hybridized carbons (Fsp3) is 0.296. The van der Waals surface area contributed by atoms with Crippen LogP contribution in [0, 0.1) is 0 Å². The molecule has 0 aliphatic carbocycles. The fourth-order valence-electron chi connectivity index (χ4n) is 4.63. The number of nitrogens with zero attached hydrogens (tertiary/aromatic N) is 3. The Bertz CT molecular complexity index is 1300. The van der Waals surface area contributed by atoms with Crippen molar-refractivity contribution in [3.8, 4) is 11.5 Å². The molecule has 1 aromatic heterocycles. The lowest BCUT2D eigenvalue weighted by molar-refractivity contribution is -0.695. The summed E-state index contributed by atoms with van der Waals surface area (Å²) in [6.45, 7) is 1.82. The van der Waals surface area contributed by atoms with Crippen LogP contribution in [-0.4, -0.2) is 55.4 Å². The lowest BCUT2D eigenvalue weighted by atomic mass is 9.95. The number of aromatic amines is 1. The third-order valence-electron chi connectivity index (χ3n) is 6.48. The Morgan fingerprint density at radius 1 is 1.11 bits per heavy atom. The first kappa shape index (κ1) is 23.5. The van der Waals surface area contributed by atoms with Crippen LogP contribution in [0.15, 0.2) is 66.8 Å². The molecule has 186 valence electrons. The maximum atomic E-state index is 13.7. The molecular weight excluding hydrogens is 460 g/mol. The topological polar surface area (TPSA) is 102 Å². The van der Waals surface area contributed by atoms with Gasteiger partial charge in [-0.15, -0.1) is 0 Å². The van der Waals surface area contributed by atoms with Crippen molar-refractivity contribution in [2.75, 3.05) is 38.8 Å². The quantitative estimate of drug-likeness (QED) is 0.234. The number of imidazole rings is 1. The van der Waals surface area contributed by atoms with E-state index in [1.807, 2.05) is 66.5 Å². The second-order valence-corrected chi connectivity index (χ2v) is 9.02. The molecule has 1 unspecified atom stereocenters. The second-order valence-electron chi connectivity index (χ2n) is 9.02. The van der Waals surface area contributed by atoms with Crippen molar-refractivity contribution in [3.05, 3.63) is 77.9 Å². The molecule has 2 aromatic carbocycles. The summed E-state index contributed by atoms with van der Waals surface area (Å²) in [5.41, 5.74) is 1.94. The molecule has 2 aliphatic rings. The summed E-state index contributed by atoms with van der Waals surface area (Å²) in [5, 5.41) is 13.7. The minimum absolute atomic E-state index is 0.0384. The van der Waals surface area contributed by atoms with E-state index in [9.17, 15) is 14.7 Å². The molecule has 1 fully saturated rings. The Kier molecular flexibility index (Phi) is 6.37. The molecule has 0 radical (unpaired) electrons. The standard InChI is InChI=1S/C27H28N4O5/c1-29(2)20-7-4-18(5-8-20)24-23(25(32)19-6-9-21-22(16-19)36-15-14-35-21)26(33)27(34)31(24)12-3-11-30-13-10-28-17-30/h4-10,13,16-17,24H,3,11-12,14-15H2,1-2H3,(H,32,33). The second kappa shape index (κ2) is 9.77. The van der Waals surface area contributed by atoms with E-state index in [0.29, 0.717) is 44.2 Å². The van der Waals surface area contributed by atoms with Crippen molar-refractivity contribution in [1.29, 1.82) is 0 Å². The van der Waals surface area contributed by atoms with Crippen molar-refractivity contribution >= 4 is 23.1 Å². The van der Waals surface area contributed by atoms with Crippen molar-refractivity contribution in [2.45, 2.75) is 19.0 Å². The number of likely N-dealkylation sites (tertiary alicyclic amines) is 1. The van der Waals surface area contributed by atoms with Gasteiger partial charge >= 0.3 is 0 Å². The summed E-state index contributed by atoms with van der Waals surface area (Å²) >= 11 is 0. The zero-order chi connectivity index (χ0) is 25.2. The van der Waals surface area contributed by atoms with Crippen molar-refractivity contribution < 1.29 is 28.7 Å². The summed E-state index contributed by atoms with van der Waals surface area (Å²) in [6.07, 6.45) is 6.17. The van der Waals surface area contributed by atoms with Gasteiger partial charge in [0, 0.05) is 38.3 Å². The Morgan fingerprint density at radius 3 is 2.56 bits per heavy atom. The normalized spacial score (nSPS) is 18.5. The predicted octanol–water partition coefficient (Wildman–Crippen LogP) is 1.45. The van der Waals surface area contributed by atoms with Crippen LogP contribution in [0.2, 0.25) is 0 Å². The number of hydrogen-bond donors (Lipinski definition) is 1. The van der Waals surface area contributed by atoms with Crippen LogP contribution in [-0.2, 0) is 16.1 Å². The largest absolute Gasteiger partial charge is 0.872 e. The number of hydrogen-bond acceptors (Lipinski definition) is 6. The number of fused-ring (bicyclic) bond motifs is 1. The zero-order valence-electron chi connectivity index (χ0n) is 20.3. The molecule has 9 heteroatoms. The Labute approximate surface area is 209 Å². The Hall–Kier alpha value is -4.27. The first-order valence-electron chi connectivity index (χ1n) is 11.9. The summed E-state index contributed by atoms with van der Waals surface area (Å²) in [4.78, 5) is 32.9. The number of ketones is 1. The van der Waals surface area contributed by atoms with Crippen LogP contribution >= 0.6 is 0 Å². The van der Waals surface area contributed by atoms with E-state index in [-0.39, 0.29) is 11.1 Å². The van der Waals surface area contributed by atoms with Gasteiger partial charge in [-0.25, -0.2) is 4.57 Å². The van der Waals surface area contributed by atoms with Gasteiger partial charge in [0.05, 0.1) is 12.6 Å². The van der Waals surface area contributed by atoms with E-state index < -0.39 is 23.5 Å². The summed E-state index contributed by atoms with van der Waals surface area (Å²) in [7, 11) is 3.87. The van der Waals surface area contributed by atoms with Crippen LogP contribution in [0.5, 0.6) is 11.5 Å². The number of H-pyrrole nitrogens is 1. The van der Waals surface area contributed by atoms with Crippen molar-refractivity contribution in [1.82, 2.24) is 9.88 Å². The number of carbonyl (C=O) groups is 2. The highest BCUT2D eigenvalue weighted by Crippen LogP contribution is 2.40. The number of nitrogens with one attached hydrogen (secondary N) is 1. The minimum Gasteiger partial charge on any atom is -0.872 e. The third kappa shape index (κ3) is 4.39. The monoisotopic (exact) mass is 488 g/mol. The van der Waals surface area contributed by atoms with Gasteiger partial charge < -0.3 is 24.4 Å². The van der Waals surface area contributed by atoms with Crippen LogP contribution in [0.4, 0.5) is 5.69 Å². The van der Waals surface area contributed by atoms with Gasteiger partial charge in [0.1, 0.15) is 25.6 Å². The summed E-state index contributed by atoms with van der Waals surface area (Å²) in [5.74, 6) is -0.884. The van der Waals surface area contributed by atoms with Gasteiger partial charge in [-0.3, -0.25) is 14.6 Å². The van der Waals surface area contributed by atoms with E-state index in [1.165, 1.54) is 4.90 Å². The number of ether oxygens (including phenoxy) is 2. The number of anilines is 1. The average molecular weight is 489 g/mol. The Morgan fingerprint density at radius 2 is 1.86 bits per heavy atom. The number of amides is 1. The molecule has 1 N–H and O–H groups in total. The zero-order valence-corrected chi connectivity index (χ0v) is 20.3. The summed E-state index contributed by atoms with van der Waals surface area (Å²) < 4.78 is 13.1. The molecule has 1 amide bonds. The molecule has 3 aromatic rings. The van der Waals surface area contributed by atoms with Crippen LogP contribution < -0.4 is 24.0 Å². The number of aromatic nitrogens is 2. The molecular formula is C27H28N4O5. The molecule has 9 nitrogen and oxygen atoms in total. The number of benzene rings is 2. The van der Waals surface area contributed by atoms with Crippen LogP contribution in [0.1, 0.15) is 23.6 Å². The molecule has 1 atom stereocenters. The molecule has 2 aliphatic heterocycles. The van der Waals surface area contributed by atoms with Gasteiger partial charge in [0.25, 0.3) is 5.91 Å². The lowest BCUT2D eigenvalue weighted by Gasteiger charge is -2.28. The van der Waals surface area contributed by atoms with Crippen molar-refractivity contribution in [3.63, 3.8) is 0 Å². The maximum absolute atomic E-state index is 13.7. The molecule has 0 saturated carbocycles. The van der Waals surface area contributed by atoms with Gasteiger partial charge in [-0.05, 0) is 35.4 Å². The van der Waals surface area contributed by atoms with Crippen LogP contribution in [0.25, 0.3) is 5.76 Å². The number of rotatable bonds is 7. The third-order valence-corrected chi connectivity index (χ3v) is 6.48. The Balaban J connectivity index is 1.53. The summed E-state index contributed by atoms with van der Waals surface area (Å²) in [6, 6.07) is 11.7. The van der Waals surface area contributed by atoms with E-state index in [4.69, 9.17) is 9.47 Å². The number of aryl methyl sites for hydroxylation is 1. The highest BCUT2D eigenvalue weighted by Gasteiger charge is 2.44. The smallest absolute Gasteiger partial charge is 0.295 e. The molecule has 5 rings (SSSR count). The molecule has 1 saturated heterocycles. The van der Waals surface area contributed by atoms with E-state index >= 15 is 0 Å². The highest BCUT2D eigenvalue weighted by atomic mass is 16.6. The van der Waals surface area contributed by atoms with E-state index in [1.54, 1.807) is 18.2 Å². The first-order chi connectivity index (χ1) is 17.4. The molecule has 0 bridgehead atoms. The minimum atomic E-state index is -0.766. The van der Waals surface area contributed by atoms with Gasteiger partial charge in [-0.2, -0.15) is 0 Å². The van der Waals surface area contributed by atoms with Crippen LogP contribution in [0.3, 0.4) is 0 Å². The molecule has 3 heterocycles.